The standard InChI is InChI=1S/C19H22N2O3/c1-3-13-20-18(22)14-5-9-16(10-6-14)21-19(23)15-7-11-17(12-8-15)24-4-2/h5-12H,3-4,13H2,1-2H3,(H,20,22)(H,21,23). The van der Waals surface area contributed by atoms with Gasteiger partial charge < -0.3 is 15.4 Å². The number of carbonyl (C=O) groups is 2. The number of carbonyl (C=O) groups excluding carboxylic acids is 2. The summed E-state index contributed by atoms with van der Waals surface area (Å²) in [5.74, 6) is 0.416. The van der Waals surface area contributed by atoms with Crippen LogP contribution >= 0.6 is 0 Å². The minimum absolute atomic E-state index is 0.110. The minimum Gasteiger partial charge on any atom is -0.494 e. The first kappa shape index (κ1) is 17.5. The van der Waals surface area contributed by atoms with Crippen LogP contribution in [0.25, 0.3) is 0 Å². The Kier molecular flexibility index (Phi) is 6.37. The van der Waals surface area contributed by atoms with Gasteiger partial charge in [-0.25, -0.2) is 0 Å². The Hall–Kier alpha value is -2.82. The Morgan fingerprint density at radius 3 is 2.04 bits per heavy atom. The number of anilines is 1. The van der Waals surface area contributed by atoms with Gasteiger partial charge in [0.15, 0.2) is 0 Å². The van der Waals surface area contributed by atoms with Crippen LogP contribution < -0.4 is 15.4 Å². The monoisotopic (exact) mass is 326 g/mol. The molecule has 2 aromatic carbocycles. The molecule has 0 saturated heterocycles. The van der Waals surface area contributed by atoms with Crippen LogP contribution in [0.15, 0.2) is 48.5 Å². The van der Waals surface area contributed by atoms with E-state index in [0.717, 1.165) is 12.2 Å². The van der Waals surface area contributed by atoms with Gasteiger partial charge in [0.2, 0.25) is 0 Å². The zero-order chi connectivity index (χ0) is 17.4. The lowest BCUT2D eigenvalue weighted by atomic mass is 10.1. The van der Waals surface area contributed by atoms with E-state index in [-0.39, 0.29) is 11.8 Å². The fourth-order valence-corrected chi connectivity index (χ4v) is 2.12. The van der Waals surface area contributed by atoms with Gasteiger partial charge in [0.05, 0.1) is 6.61 Å². The highest BCUT2D eigenvalue weighted by Gasteiger charge is 2.08. The fourth-order valence-electron chi connectivity index (χ4n) is 2.12. The van der Waals surface area contributed by atoms with Crippen LogP contribution in [-0.4, -0.2) is 25.0 Å². The van der Waals surface area contributed by atoms with Crippen LogP contribution in [-0.2, 0) is 0 Å². The molecule has 0 aliphatic carbocycles. The first-order valence-corrected chi connectivity index (χ1v) is 8.06. The van der Waals surface area contributed by atoms with Crippen molar-refractivity contribution in [3.63, 3.8) is 0 Å². The predicted molar refractivity (Wildman–Crippen MR) is 94.6 cm³/mol. The van der Waals surface area contributed by atoms with Gasteiger partial charge in [0.1, 0.15) is 5.75 Å². The third-order valence-electron chi connectivity index (χ3n) is 3.37. The third-order valence-corrected chi connectivity index (χ3v) is 3.37. The second-order valence-corrected chi connectivity index (χ2v) is 5.24. The molecule has 0 atom stereocenters. The van der Waals surface area contributed by atoms with Crippen LogP contribution in [0.5, 0.6) is 5.75 Å². The maximum atomic E-state index is 12.2. The summed E-state index contributed by atoms with van der Waals surface area (Å²) < 4.78 is 5.35. The van der Waals surface area contributed by atoms with Crippen molar-refractivity contribution in [1.29, 1.82) is 0 Å². The van der Waals surface area contributed by atoms with Gasteiger partial charge in [-0.1, -0.05) is 6.92 Å². The normalized spacial score (nSPS) is 10.1. The van der Waals surface area contributed by atoms with Gasteiger partial charge in [-0.3, -0.25) is 9.59 Å². The molecule has 126 valence electrons. The van der Waals surface area contributed by atoms with Crippen molar-refractivity contribution in [2.45, 2.75) is 20.3 Å². The van der Waals surface area contributed by atoms with E-state index < -0.39 is 0 Å². The summed E-state index contributed by atoms with van der Waals surface area (Å²) in [6.07, 6.45) is 0.891. The van der Waals surface area contributed by atoms with Crippen molar-refractivity contribution in [1.82, 2.24) is 5.32 Å². The average molecular weight is 326 g/mol. The van der Waals surface area contributed by atoms with Crippen molar-refractivity contribution in [3.8, 4) is 5.75 Å². The largest absolute Gasteiger partial charge is 0.494 e. The van der Waals surface area contributed by atoms with E-state index in [4.69, 9.17) is 4.74 Å². The number of rotatable bonds is 7. The maximum absolute atomic E-state index is 12.2. The molecule has 0 heterocycles. The minimum atomic E-state index is -0.207. The Labute approximate surface area is 142 Å². The SMILES string of the molecule is CCCNC(=O)c1ccc(NC(=O)c2ccc(OCC)cc2)cc1. The highest BCUT2D eigenvalue weighted by atomic mass is 16.5. The predicted octanol–water partition coefficient (Wildman–Crippen LogP) is 3.48. The number of hydrogen-bond acceptors (Lipinski definition) is 3. The summed E-state index contributed by atoms with van der Waals surface area (Å²) in [5.41, 5.74) is 1.76. The molecule has 2 rings (SSSR count). The Morgan fingerprint density at radius 1 is 0.875 bits per heavy atom. The first-order chi connectivity index (χ1) is 11.6. The lowest BCUT2D eigenvalue weighted by molar-refractivity contribution is 0.0953. The maximum Gasteiger partial charge on any atom is 0.255 e. The highest BCUT2D eigenvalue weighted by Crippen LogP contribution is 2.15. The molecule has 24 heavy (non-hydrogen) atoms. The zero-order valence-electron chi connectivity index (χ0n) is 14.0. The fraction of sp³-hybridized carbons (Fsp3) is 0.263. The molecule has 0 unspecified atom stereocenters. The van der Waals surface area contributed by atoms with Crippen molar-refractivity contribution < 1.29 is 14.3 Å². The van der Waals surface area contributed by atoms with Gasteiger partial charge in [0.25, 0.3) is 11.8 Å². The summed E-state index contributed by atoms with van der Waals surface area (Å²) in [7, 11) is 0. The number of benzene rings is 2. The molecule has 0 fully saturated rings. The molecule has 0 saturated carbocycles. The van der Waals surface area contributed by atoms with Crippen LogP contribution in [0.2, 0.25) is 0 Å². The van der Waals surface area contributed by atoms with Crippen molar-refractivity contribution in [2.75, 3.05) is 18.5 Å². The zero-order valence-corrected chi connectivity index (χ0v) is 14.0. The molecule has 2 N–H and O–H groups in total. The van der Waals surface area contributed by atoms with Gasteiger partial charge in [-0.05, 0) is 61.9 Å². The molecule has 0 radical (unpaired) electrons. The van der Waals surface area contributed by atoms with Gasteiger partial charge >= 0.3 is 0 Å². The van der Waals surface area contributed by atoms with E-state index in [2.05, 4.69) is 10.6 Å². The molecule has 0 aliphatic rings. The summed E-state index contributed by atoms with van der Waals surface area (Å²) >= 11 is 0. The first-order valence-electron chi connectivity index (χ1n) is 8.06. The number of ether oxygens (including phenoxy) is 1. The molecule has 5 nitrogen and oxygen atoms in total. The number of nitrogens with one attached hydrogen (secondary N) is 2. The quantitative estimate of drug-likeness (QED) is 0.818. The van der Waals surface area contributed by atoms with Crippen LogP contribution in [0, 0.1) is 0 Å². The third kappa shape index (κ3) is 4.84. The van der Waals surface area contributed by atoms with E-state index in [0.29, 0.717) is 30.0 Å². The Bertz CT molecular complexity index is 679. The molecule has 0 aromatic heterocycles. The Balaban J connectivity index is 1.97. The summed E-state index contributed by atoms with van der Waals surface area (Å²) in [4.78, 5) is 24.0. The van der Waals surface area contributed by atoms with Crippen LogP contribution in [0.1, 0.15) is 41.0 Å². The molecule has 2 aromatic rings. The number of hydrogen-bond donors (Lipinski definition) is 2. The van der Waals surface area contributed by atoms with E-state index in [1.165, 1.54) is 0 Å². The van der Waals surface area contributed by atoms with E-state index in [1.807, 2.05) is 13.8 Å². The second kappa shape index (κ2) is 8.72. The van der Waals surface area contributed by atoms with E-state index >= 15 is 0 Å². The summed E-state index contributed by atoms with van der Waals surface area (Å²) in [6, 6.07) is 13.8. The van der Waals surface area contributed by atoms with Gasteiger partial charge in [0, 0.05) is 23.4 Å². The molecule has 2 amide bonds. The topological polar surface area (TPSA) is 67.4 Å². The summed E-state index contributed by atoms with van der Waals surface area (Å²) in [5, 5.41) is 5.62. The second-order valence-electron chi connectivity index (χ2n) is 5.24. The molecule has 0 spiro atoms. The van der Waals surface area contributed by atoms with Crippen LogP contribution in [0.3, 0.4) is 0 Å². The lowest BCUT2D eigenvalue weighted by Gasteiger charge is -2.08. The summed E-state index contributed by atoms with van der Waals surface area (Å²) in [6.45, 7) is 5.14. The molecular weight excluding hydrogens is 304 g/mol. The smallest absolute Gasteiger partial charge is 0.255 e. The molecule has 0 bridgehead atoms. The van der Waals surface area contributed by atoms with Gasteiger partial charge in [-0.2, -0.15) is 0 Å². The highest BCUT2D eigenvalue weighted by molar-refractivity contribution is 6.04. The van der Waals surface area contributed by atoms with Crippen LogP contribution in [0.4, 0.5) is 5.69 Å². The van der Waals surface area contributed by atoms with Crippen molar-refractivity contribution in [3.05, 3.63) is 59.7 Å². The molecule has 0 aliphatic heterocycles. The molecular formula is C19H22N2O3. The lowest BCUT2D eigenvalue weighted by Crippen LogP contribution is -2.23. The van der Waals surface area contributed by atoms with E-state index in [1.54, 1.807) is 48.5 Å². The van der Waals surface area contributed by atoms with Crippen molar-refractivity contribution in [2.24, 2.45) is 0 Å². The average Bonchev–Trinajstić information content (AvgIpc) is 2.61. The van der Waals surface area contributed by atoms with Crippen molar-refractivity contribution >= 4 is 17.5 Å². The van der Waals surface area contributed by atoms with E-state index in [9.17, 15) is 9.59 Å². The Morgan fingerprint density at radius 2 is 1.46 bits per heavy atom. The van der Waals surface area contributed by atoms with Gasteiger partial charge in [-0.15, -0.1) is 0 Å². The number of amides is 2. The molecule has 5 heteroatoms.